The summed E-state index contributed by atoms with van der Waals surface area (Å²) in [4.78, 5) is 13.8. The van der Waals surface area contributed by atoms with E-state index >= 15 is 0 Å². The van der Waals surface area contributed by atoms with Gasteiger partial charge in [0, 0.05) is 24.2 Å². The molecule has 5 rings (SSSR count). The van der Waals surface area contributed by atoms with Crippen molar-refractivity contribution in [1.82, 2.24) is 5.16 Å². The second-order valence-corrected chi connectivity index (χ2v) is 10.1. The number of carboxylic acid groups (broad SMARTS) is 1. The molecular formula is C30H29ClN2O3. The third-order valence-corrected chi connectivity index (χ3v) is 7.41. The molecule has 36 heavy (non-hydrogen) atoms. The van der Waals surface area contributed by atoms with Crippen LogP contribution in [0.4, 0.5) is 5.69 Å². The lowest BCUT2D eigenvalue weighted by atomic mass is 9.93. The number of nitrogens with zero attached hydrogens (tertiary/aromatic N) is 2. The highest BCUT2D eigenvalue weighted by atomic mass is 35.5. The van der Waals surface area contributed by atoms with Crippen molar-refractivity contribution in [3.63, 3.8) is 0 Å². The van der Waals surface area contributed by atoms with E-state index in [0.717, 1.165) is 63.8 Å². The molecule has 1 N–H and O–H groups in total. The van der Waals surface area contributed by atoms with Crippen LogP contribution in [-0.4, -0.2) is 29.8 Å². The zero-order valence-corrected chi connectivity index (χ0v) is 21.3. The van der Waals surface area contributed by atoms with E-state index in [1.54, 1.807) is 0 Å². The van der Waals surface area contributed by atoms with Gasteiger partial charge in [-0.1, -0.05) is 77.4 Å². The number of hydrogen-bond donors (Lipinski definition) is 1. The van der Waals surface area contributed by atoms with Crippen LogP contribution >= 0.6 is 11.6 Å². The number of anilines is 1. The standard InChI is InChI=1S/C30H29ClN2O3/c1-20-27(33(2)19-3-4-21-5-15-26(31)16-6-21)28(36-32-20)24-9-7-22(8-10-24)23-11-13-25(14-12-23)30(17-18-30)29(34)35/h5-16H,3-4,17-19H2,1-2H3,(H,34,35). The van der Waals surface area contributed by atoms with Gasteiger partial charge >= 0.3 is 5.97 Å². The van der Waals surface area contributed by atoms with Crippen LogP contribution in [0.25, 0.3) is 22.5 Å². The van der Waals surface area contributed by atoms with Crippen molar-refractivity contribution in [3.8, 4) is 22.5 Å². The summed E-state index contributed by atoms with van der Waals surface area (Å²) in [7, 11) is 2.07. The molecule has 0 radical (unpaired) electrons. The van der Waals surface area contributed by atoms with Crippen LogP contribution in [0, 0.1) is 6.92 Å². The zero-order chi connectivity index (χ0) is 25.3. The topological polar surface area (TPSA) is 66.6 Å². The van der Waals surface area contributed by atoms with Crippen LogP contribution in [0.5, 0.6) is 0 Å². The van der Waals surface area contributed by atoms with E-state index < -0.39 is 11.4 Å². The summed E-state index contributed by atoms with van der Waals surface area (Å²) < 4.78 is 5.75. The first-order valence-electron chi connectivity index (χ1n) is 12.2. The fraction of sp³-hybridized carbons (Fsp3) is 0.267. The Kier molecular flexibility index (Phi) is 6.59. The average molecular weight is 501 g/mol. The lowest BCUT2D eigenvalue weighted by Crippen LogP contribution is -2.20. The van der Waals surface area contributed by atoms with Crippen LogP contribution < -0.4 is 4.90 Å². The van der Waals surface area contributed by atoms with Gasteiger partial charge in [0.15, 0.2) is 5.76 Å². The van der Waals surface area contributed by atoms with Crippen molar-refractivity contribution in [1.29, 1.82) is 0 Å². The van der Waals surface area contributed by atoms with E-state index in [9.17, 15) is 9.90 Å². The van der Waals surface area contributed by atoms with Crippen molar-refractivity contribution < 1.29 is 14.4 Å². The third-order valence-electron chi connectivity index (χ3n) is 7.16. The maximum atomic E-state index is 11.6. The van der Waals surface area contributed by atoms with Crippen LogP contribution in [0.15, 0.2) is 77.3 Å². The molecule has 0 aliphatic heterocycles. The molecule has 0 unspecified atom stereocenters. The Morgan fingerprint density at radius 3 is 2.14 bits per heavy atom. The minimum absolute atomic E-state index is 0.677. The molecule has 3 aromatic carbocycles. The number of hydrogen-bond acceptors (Lipinski definition) is 4. The molecule has 0 amide bonds. The van der Waals surface area contributed by atoms with E-state index in [4.69, 9.17) is 16.1 Å². The maximum absolute atomic E-state index is 11.6. The fourth-order valence-corrected chi connectivity index (χ4v) is 4.96. The zero-order valence-electron chi connectivity index (χ0n) is 20.5. The second kappa shape index (κ2) is 9.82. The summed E-state index contributed by atoms with van der Waals surface area (Å²) >= 11 is 5.99. The van der Waals surface area contributed by atoms with E-state index in [-0.39, 0.29) is 0 Å². The normalized spacial score (nSPS) is 14.0. The summed E-state index contributed by atoms with van der Waals surface area (Å²) in [6, 6.07) is 24.1. The molecule has 1 aromatic heterocycles. The van der Waals surface area contributed by atoms with Crippen molar-refractivity contribution in [2.24, 2.45) is 0 Å². The summed E-state index contributed by atoms with van der Waals surface area (Å²) in [6.45, 7) is 2.84. The minimum atomic E-state index is -0.729. The first-order chi connectivity index (χ1) is 17.4. The molecule has 4 aromatic rings. The molecule has 184 valence electrons. The molecular weight excluding hydrogens is 472 g/mol. The van der Waals surface area contributed by atoms with Gasteiger partial charge in [-0.25, -0.2) is 0 Å². The van der Waals surface area contributed by atoms with Crippen molar-refractivity contribution in [2.75, 3.05) is 18.5 Å². The second-order valence-electron chi connectivity index (χ2n) is 9.64. The van der Waals surface area contributed by atoms with Gasteiger partial charge in [-0.15, -0.1) is 0 Å². The molecule has 1 aliphatic carbocycles. The Morgan fingerprint density at radius 2 is 1.56 bits per heavy atom. The largest absolute Gasteiger partial charge is 0.481 e. The van der Waals surface area contributed by atoms with E-state index in [1.807, 2.05) is 55.5 Å². The SMILES string of the molecule is Cc1noc(-c2ccc(-c3ccc(C4(C(=O)O)CC4)cc3)cc2)c1N(C)CCCc1ccc(Cl)cc1. The first kappa shape index (κ1) is 24.1. The Morgan fingerprint density at radius 1 is 0.972 bits per heavy atom. The fourth-order valence-electron chi connectivity index (χ4n) is 4.83. The number of aromatic nitrogens is 1. The quantitative estimate of drug-likeness (QED) is 0.264. The summed E-state index contributed by atoms with van der Waals surface area (Å²) in [5.74, 6) is 0.0354. The maximum Gasteiger partial charge on any atom is 0.314 e. The van der Waals surface area contributed by atoms with Crippen LogP contribution in [0.2, 0.25) is 5.02 Å². The molecule has 6 heteroatoms. The van der Waals surface area contributed by atoms with Gasteiger partial charge in [-0.3, -0.25) is 4.79 Å². The van der Waals surface area contributed by atoms with Gasteiger partial charge in [-0.2, -0.15) is 0 Å². The van der Waals surface area contributed by atoms with E-state index in [2.05, 4.69) is 41.4 Å². The molecule has 5 nitrogen and oxygen atoms in total. The number of carbonyl (C=O) groups is 1. The summed E-state index contributed by atoms with van der Waals surface area (Å²) in [6.07, 6.45) is 3.40. The highest BCUT2D eigenvalue weighted by Crippen LogP contribution is 2.48. The molecule has 1 fully saturated rings. The number of carboxylic acids is 1. The van der Waals surface area contributed by atoms with Crippen LogP contribution in [-0.2, 0) is 16.6 Å². The van der Waals surface area contributed by atoms with Crippen LogP contribution in [0.1, 0.15) is 36.1 Å². The molecule has 0 saturated heterocycles. The van der Waals surface area contributed by atoms with Gasteiger partial charge < -0.3 is 14.5 Å². The van der Waals surface area contributed by atoms with E-state index in [0.29, 0.717) is 12.8 Å². The predicted molar refractivity (Wildman–Crippen MR) is 144 cm³/mol. The van der Waals surface area contributed by atoms with Gasteiger partial charge in [0.05, 0.1) is 5.41 Å². The third kappa shape index (κ3) is 4.76. The van der Waals surface area contributed by atoms with Crippen LogP contribution in [0.3, 0.4) is 0 Å². The number of aryl methyl sites for hydroxylation is 2. The minimum Gasteiger partial charge on any atom is -0.481 e. The van der Waals surface area contributed by atoms with Crippen molar-refractivity contribution in [2.45, 2.75) is 38.0 Å². The van der Waals surface area contributed by atoms with Gasteiger partial charge in [0.2, 0.25) is 0 Å². The number of benzene rings is 3. The monoisotopic (exact) mass is 500 g/mol. The highest BCUT2D eigenvalue weighted by Gasteiger charge is 2.51. The smallest absolute Gasteiger partial charge is 0.314 e. The molecule has 1 aliphatic rings. The molecule has 0 spiro atoms. The Hall–Kier alpha value is -3.57. The molecule has 0 bridgehead atoms. The van der Waals surface area contributed by atoms with Crippen molar-refractivity contribution in [3.05, 3.63) is 94.6 Å². The van der Waals surface area contributed by atoms with Gasteiger partial charge in [0.25, 0.3) is 0 Å². The first-order valence-corrected chi connectivity index (χ1v) is 12.6. The Labute approximate surface area is 216 Å². The Balaban J connectivity index is 1.28. The van der Waals surface area contributed by atoms with Gasteiger partial charge in [-0.05, 0) is 67.0 Å². The number of rotatable bonds is 9. The lowest BCUT2D eigenvalue weighted by Gasteiger charge is -2.19. The summed E-state index contributed by atoms with van der Waals surface area (Å²) in [5, 5.41) is 14.5. The number of aliphatic carboxylic acids is 1. The highest BCUT2D eigenvalue weighted by molar-refractivity contribution is 6.30. The average Bonchev–Trinajstić information content (AvgIpc) is 3.62. The molecule has 1 saturated carbocycles. The Bertz CT molecular complexity index is 1360. The number of halogens is 1. The van der Waals surface area contributed by atoms with E-state index in [1.165, 1.54) is 5.56 Å². The predicted octanol–water partition coefficient (Wildman–Crippen LogP) is 7.16. The summed E-state index contributed by atoms with van der Waals surface area (Å²) in [5.41, 5.74) is 6.45. The lowest BCUT2D eigenvalue weighted by molar-refractivity contribution is -0.140. The molecule has 0 atom stereocenters. The van der Waals surface area contributed by atoms with Crippen molar-refractivity contribution >= 4 is 23.3 Å². The molecule has 1 heterocycles. The van der Waals surface area contributed by atoms with Gasteiger partial charge in [0.1, 0.15) is 11.4 Å².